The van der Waals surface area contributed by atoms with E-state index in [1.165, 1.54) is 11.6 Å². The van der Waals surface area contributed by atoms with Crippen molar-refractivity contribution in [2.45, 2.75) is 20.0 Å². The highest BCUT2D eigenvalue weighted by Crippen LogP contribution is 2.30. The molecule has 0 radical (unpaired) electrons. The Hall–Kier alpha value is -4.56. The van der Waals surface area contributed by atoms with Gasteiger partial charge >= 0.3 is 0 Å². The average Bonchev–Trinajstić information content (AvgIpc) is 2.91. The van der Waals surface area contributed by atoms with E-state index in [1.54, 1.807) is 25.3 Å². The third-order valence-electron chi connectivity index (χ3n) is 5.75. The summed E-state index contributed by atoms with van der Waals surface area (Å²) < 4.78 is 11.6. The summed E-state index contributed by atoms with van der Waals surface area (Å²) in [5.74, 6) is 0.635. The van der Waals surface area contributed by atoms with Crippen LogP contribution < -0.4 is 14.8 Å². The normalized spacial score (nSPS) is 11.1. The summed E-state index contributed by atoms with van der Waals surface area (Å²) in [7, 11) is 1.56. The van der Waals surface area contributed by atoms with Gasteiger partial charge < -0.3 is 14.8 Å². The van der Waals surface area contributed by atoms with Gasteiger partial charge in [0.15, 0.2) is 11.5 Å². The van der Waals surface area contributed by atoms with Crippen molar-refractivity contribution < 1.29 is 14.3 Å². The van der Waals surface area contributed by atoms with E-state index < -0.39 is 5.91 Å². The number of rotatable bonds is 8. The van der Waals surface area contributed by atoms with Crippen LogP contribution in [0.5, 0.6) is 11.5 Å². The van der Waals surface area contributed by atoms with Crippen molar-refractivity contribution in [3.63, 3.8) is 0 Å². The average molecular weight is 463 g/mol. The molecule has 0 aromatic heterocycles. The van der Waals surface area contributed by atoms with Crippen LogP contribution in [0.1, 0.15) is 23.6 Å². The van der Waals surface area contributed by atoms with Gasteiger partial charge in [-0.15, -0.1) is 0 Å². The Morgan fingerprint density at radius 2 is 1.74 bits per heavy atom. The number of ether oxygens (including phenoxy) is 2. The molecule has 4 aromatic carbocycles. The maximum Gasteiger partial charge on any atom is 0.266 e. The molecule has 0 aliphatic rings. The fourth-order valence-corrected chi connectivity index (χ4v) is 3.80. The Kier molecular flexibility index (Phi) is 7.44. The Bertz CT molecular complexity index is 1410. The van der Waals surface area contributed by atoms with Crippen molar-refractivity contribution in [1.29, 1.82) is 5.26 Å². The van der Waals surface area contributed by atoms with E-state index in [-0.39, 0.29) is 5.57 Å². The summed E-state index contributed by atoms with van der Waals surface area (Å²) in [6, 6.07) is 29.2. The minimum Gasteiger partial charge on any atom is -0.493 e. The molecule has 1 N–H and O–H groups in total. The smallest absolute Gasteiger partial charge is 0.266 e. The number of carbonyl (C=O) groups excluding carboxylic acids is 1. The molecule has 5 heteroatoms. The number of nitrogens with zero attached hydrogens (tertiary/aromatic N) is 1. The highest BCUT2D eigenvalue weighted by atomic mass is 16.5. The molecular weight excluding hydrogens is 436 g/mol. The number of fused-ring (bicyclic) bond motifs is 1. The van der Waals surface area contributed by atoms with Gasteiger partial charge in [0.1, 0.15) is 18.2 Å². The molecule has 0 spiro atoms. The summed E-state index contributed by atoms with van der Waals surface area (Å²) in [6.07, 6.45) is 2.45. The predicted molar refractivity (Wildman–Crippen MR) is 139 cm³/mol. The molecule has 0 bridgehead atoms. The van der Waals surface area contributed by atoms with Crippen LogP contribution in [0.15, 0.2) is 90.5 Å². The Morgan fingerprint density at radius 1 is 0.971 bits per heavy atom. The number of anilines is 1. The van der Waals surface area contributed by atoms with Crippen molar-refractivity contribution in [1.82, 2.24) is 0 Å². The molecule has 0 unspecified atom stereocenters. The molecule has 0 saturated heterocycles. The fraction of sp³-hybridized carbons (Fsp3) is 0.133. The molecule has 4 rings (SSSR count). The van der Waals surface area contributed by atoms with Gasteiger partial charge in [-0.2, -0.15) is 5.26 Å². The minimum absolute atomic E-state index is 0.00366. The zero-order chi connectivity index (χ0) is 24.6. The summed E-state index contributed by atoms with van der Waals surface area (Å²) in [5, 5.41) is 14.6. The van der Waals surface area contributed by atoms with Gasteiger partial charge in [0.05, 0.1) is 7.11 Å². The number of nitriles is 1. The first-order valence-corrected chi connectivity index (χ1v) is 11.4. The molecule has 0 saturated carbocycles. The highest BCUT2D eigenvalue weighted by molar-refractivity contribution is 6.09. The number of benzene rings is 4. The van der Waals surface area contributed by atoms with Crippen molar-refractivity contribution in [2.75, 3.05) is 12.4 Å². The predicted octanol–water partition coefficient (Wildman–Crippen LogP) is 6.54. The molecule has 35 heavy (non-hydrogen) atoms. The lowest BCUT2D eigenvalue weighted by atomic mass is 10.1. The molecule has 174 valence electrons. The van der Waals surface area contributed by atoms with E-state index in [9.17, 15) is 10.1 Å². The fourth-order valence-electron chi connectivity index (χ4n) is 3.80. The van der Waals surface area contributed by atoms with Crippen LogP contribution in [0.3, 0.4) is 0 Å². The molecular formula is C30H26N2O3. The molecule has 0 fully saturated rings. The summed E-state index contributed by atoms with van der Waals surface area (Å²) in [6.45, 7) is 2.45. The first-order chi connectivity index (χ1) is 17.1. The van der Waals surface area contributed by atoms with Crippen LogP contribution in [0.2, 0.25) is 0 Å². The van der Waals surface area contributed by atoms with Gasteiger partial charge in [-0.05, 0) is 64.2 Å². The van der Waals surface area contributed by atoms with E-state index in [0.29, 0.717) is 29.4 Å². The van der Waals surface area contributed by atoms with Crippen LogP contribution >= 0.6 is 0 Å². The number of nitrogens with one attached hydrogen (secondary N) is 1. The lowest BCUT2D eigenvalue weighted by Gasteiger charge is -2.13. The quantitative estimate of drug-likeness (QED) is 0.239. The van der Waals surface area contributed by atoms with Crippen LogP contribution in [-0.4, -0.2) is 13.0 Å². The van der Waals surface area contributed by atoms with Crippen LogP contribution in [0.25, 0.3) is 16.8 Å². The molecule has 4 aromatic rings. The monoisotopic (exact) mass is 462 g/mol. The third kappa shape index (κ3) is 5.69. The SMILES string of the molecule is CCc1ccc(NC(=O)/C(C#N)=C/c2ccc(OCc3cccc4ccccc34)c(OC)c2)cc1. The van der Waals surface area contributed by atoms with Crippen molar-refractivity contribution in [2.24, 2.45) is 0 Å². The second-order valence-corrected chi connectivity index (χ2v) is 8.01. The number of methoxy groups -OCH3 is 1. The van der Waals surface area contributed by atoms with E-state index >= 15 is 0 Å². The van der Waals surface area contributed by atoms with Crippen LogP contribution in [0, 0.1) is 11.3 Å². The Balaban J connectivity index is 1.50. The highest BCUT2D eigenvalue weighted by Gasteiger charge is 2.12. The molecule has 0 aliphatic heterocycles. The van der Waals surface area contributed by atoms with E-state index in [2.05, 4.69) is 30.4 Å². The largest absolute Gasteiger partial charge is 0.493 e. The molecule has 1 amide bonds. The number of hydrogen-bond acceptors (Lipinski definition) is 4. The lowest BCUT2D eigenvalue weighted by Crippen LogP contribution is -2.13. The first kappa shape index (κ1) is 23.6. The molecule has 0 atom stereocenters. The summed E-state index contributed by atoms with van der Waals surface area (Å²) in [5.41, 5.74) is 3.55. The molecule has 5 nitrogen and oxygen atoms in total. The standard InChI is InChI=1S/C30H26N2O3/c1-3-21-11-14-26(15-12-21)32-30(33)25(19-31)17-22-13-16-28(29(18-22)34-2)35-20-24-9-6-8-23-7-4-5-10-27(23)24/h4-18H,3,20H2,1-2H3,(H,32,33)/b25-17+. The topological polar surface area (TPSA) is 71.4 Å². The molecule has 0 aliphatic carbocycles. The Labute approximate surface area is 205 Å². The van der Waals surface area contributed by atoms with Crippen molar-refractivity contribution in [3.05, 3.63) is 107 Å². The zero-order valence-corrected chi connectivity index (χ0v) is 19.7. The third-order valence-corrected chi connectivity index (χ3v) is 5.75. The maximum atomic E-state index is 12.6. The van der Waals surface area contributed by atoms with Crippen molar-refractivity contribution >= 4 is 28.4 Å². The van der Waals surface area contributed by atoms with Gasteiger partial charge in [0.25, 0.3) is 5.91 Å². The van der Waals surface area contributed by atoms with Crippen LogP contribution in [-0.2, 0) is 17.8 Å². The second kappa shape index (κ2) is 11.0. The number of carbonyl (C=O) groups is 1. The number of hydrogen-bond donors (Lipinski definition) is 1. The van der Waals surface area contributed by atoms with Gasteiger partial charge in [-0.3, -0.25) is 4.79 Å². The Morgan fingerprint density at radius 3 is 2.49 bits per heavy atom. The van der Waals surface area contributed by atoms with Gasteiger partial charge in [-0.25, -0.2) is 0 Å². The minimum atomic E-state index is -0.466. The van der Waals surface area contributed by atoms with Crippen LogP contribution in [0.4, 0.5) is 5.69 Å². The lowest BCUT2D eigenvalue weighted by molar-refractivity contribution is -0.112. The zero-order valence-electron chi connectivity index (χ0n) is 19.7. The van der Waals surface area contributed by atoms with Crippen molar-refractivity contribution in [3.8, 4) is 17.6 Å². The summed E-state index contributed by atoms with van der Waals surface area (Å²) >= 11 is 0. The van der Waals surface area contributed by atoms with Gasteiger partial charge in [0, 0.05) is 5.69 Å². The summed E-state index contributed by atoms with van der Waals surface area (Å²) in [4.78, 5) is 12.6. The van der Waals surface area contributed by atoms with Gasteiger partial charge in [-0.1, -0.05) is 67.6 Å². The van der Waals surface area contributed by atoms with E-state index in [1.807, 2.05) is 54.6 Å². The van der Waals surface area contributed by atoms with E-state index in [4.69, 9.17) is 9.47 Å². The molecule has 0 heterocycles. The second-order valence-electron chi connectivity index (χ2n) is 8.01. The first-order valence-electron chi connectivity index (χ1n) is 11.4. The maximum absolute atomic E-state index is 12.6. The van der Waals surface area contributed by atoms with E-state index in [0.717, 1.165) is 22.8 Å². The van der Waals surface area contributed by atoms with Gasteiger partial charge in [0.2, 0.25) is 0 Å². The number of amides is 1. The number of aryl methyl sites for hydroxylation is 1.